The Morgan fingerprint density at radius 1 is 1.29 bits per heavy atom. The fraction of sp³-hybridized carbons (Fsp3) is 0.267. The Hall–Kier alpha value is -1.83. The number of aryl methyl sites for hydroxylation is 1. The van der Waals surface area contributed by atoms with E-state index in [-0.39, 0.29) is 0 Å². The number of hydrogen-bond donors (Lipinski definition) is 1. The third-order valence-corrected chi connectivity index (χ3v) is 3.01. The standard InChI is InChI=1S/C15H16O2/c1-11(10-15(16)17)9-13-7-4-6-12-5-2-3-8-14(12)13/h2-3,5,8-10H,4,6-7H2,1H3,(H,16,17). The minimum Gasteiger partial charge on any atom is -0.478 e. The van der Waals surface area contributed by atoms with Gasteiger partial charge < -0.3 is 5.11 Å². The van der Waals surface area contributed by atoms with Crippen LogP contribution in [0, 0.1) is 0 Å². The zero-order valence-corrected chi connectivity index (χ0v) is 9.94. The van der Waals surface area contributed by atoms with Gasteiger partial charge in [0.15, 0.2) is 0 Å². The molecule has 0 heterocycles. The summed E-state index contributed by atoms with van der Waals surface area (Å²) in [4.78, 5) is 10.6. The third kappa shape index (κ3) is 2.84. The molecule has 1 aliphatic carbocycles. The second-order valence-corrected chi connectivity index (χ2v) is 4.41. The molecule has 17 heavy (non-hydrogen) atoms. The highest BCUT2D eigenvalue weighted by Gasteiger charge is 2.12. The number of fused-ring (bicyclic) bond motifs is 1. The van der Waals surface area contributed by atoms with Crippen molar-refractivity contribution in [2.45, 2.75) is 26.2 Å². The van der Waals surface area contributed by atoms with Gasteiger partial charge in [0.1, 0.15) is 0 Å². The normalized spacial score (nSPS) is 17.9. The van der Waals surface area contributed by atoms with Gasteiger partial charge in [-0.1, -0.05) is 30.3 Å². The van der Waals surface area contributed by atoms with E-state index >= 15 is 0 Å². The molecule has 2 nitrogen and oxygen atoms in total. The minimum atomic E-state index is -0.886. The van der Waals surface area contributed by atoms with Crippen LogP contribution < -0.4 is 0 Å². The van der Waals surface area contributed by atoms with Crippen LogP contribution in [0.5, 0.6) is 0 Å². The summed E-state index contributed by atoms with van der Waals surface area (Å²) in [6, 6.07) is 8.36. The van der Waals surface area contributed by atoms with Gasteiger partial charge in [0.2, 0.25) is 0 Å². The number of hydrogen-bond acceptors (Lipinski definition) is 1. The molecular weight excluding hydrogens is 212 g/mol. The van der Waals surface area contributed by atoms with Crippen molar-refractivity contribution < 1.29 is 9.90 Å². The summed E-state index contributed by atoms with van der Waals surface area (Å²) in [6.07, 6.45) is 6.54. The molecule has 0 radical (unpaired) electrons. The maximum absolute atomic E-state index is 10.6. The summed E-state index contributed by atoms with van der Waals surface area (Å²) in [5, 5.41) is 8.70. The topological polar surface area (TPSA) is 37.3 Å². The Bertz CT molecular complexity index is 495. The molecule has 0 unspecified atom stereocenters. The van der Waals surface area contributed by atoms with Gasteiger partial charge in [-0.15, -0.1) is 0 Å². The van der Waals surface area contributed by atoms with Crippen molar-refractivity contribution in [3.63, 3.8) is 0 Å². The molecule has 0 aliphatic heterocycles. The van der Waals surface area contributed by atoms with Gasteiger partial charge in [-0.05, 0) is 48.5 Å². The molecule has 1 N–H and O–H groups in total. The number of benzene rings is 1. The smallest absolute Gasteiger partial charge is 0.328 e. The summed E-state index contributed by atoms with van der Waals surface area (Å²) in [7, 11) is 0. The highest BCUT2D eigenvalue weighted by Crippen LogP contribution is 2.31. The summed E-state index contributed by atoms with van der Waals surface area (Å²) in [5.41, 5.74) is 4.69. The molecular formula is C15H16O2. The van der Waals surface area contributed by atoms with Crippen LogP contribution in [0.1, 0.15) is 30.9 Å². The lowest BCUT2D eigenvalue weighted by molar-refractivity contribution is -0.131. The van der Waals surface area contributed by atoms with Crippen LogP contribution in [0.2, 0.25) is 0 Å². The summed E-state index contributed by atoms with van der Waals surface area (Å²) in [5.74, 6) is -0.886. The zero-order valence-electron chi connectivity index (χ0n) is 9.94. The molecule has 0 atom stereocenters. The van der Waals surface area contributed by atoms with E-state index in [2.05, 4.69) is 18.2 Å². The van der Waals surface area contributed by atoms with Crippen molar-refractivity contribution in [2.75, 3.05) is 0 Å². The monoisotopic (exact) mass is 228 g/mol. The van der Waals surface area contributed by atoms with E-state index in [1.54, 1.807) is 0 Å². The van der Waals surface area contributed by atoms with Crippen LogP contribution in [-0.2, 0) is 11.2 Å². The second-order valence-electron chi connectivity index (χ2n) is 4.41. The Morgan fingerprint density at radius 2 is 2.06 bits per heavy atom. The minimum absolute atomic E-state index is 0.796. The number of carboxylic acids is 1. The van der Waals surface area contributed by atoms with Crippen LogP contribution >= 0.6 is 0 Å². The van der Waals surface area contributed by atoms with Crippen molar-refractivity contribution >= 4 is 11.5 Å². The molecule has 0 saturated carbocycles. The van der Waals surface area contributed by atoms with Gasteiger partial charge in [-0.25, -0.2) is 4.79 Å². The van der Waals surface area contributed by atoms with Crippen LogP contribution in [0.15, 0.2) is 42.0 Å². The Labute approximate surface area is 101 Å². The number of rotatable bonds is 2. The van der Waals surface area contributed by atoms with E-state index in [1.807, 2.05) is 19.1 Å². The molecule has 88 valence electrons. The molecule has 0 saturated heterocycles. The van der Waals surface area contributed by atoms with Gasteiger partial charge >= 0.3 is 5.97 Å². The fourth-order valence-electron chi connectivity index (χ4n) is 2.32. The van der Waals surface area contributed by atoms with Crippen LogP contribution in [-0.4, -0.2) is 11.1 Å². The van der Waals surface area contributed by atoms with Crippen molar-refractivity contribution in [1.29, 1.82) is 0 Å². The maximum Gasteiger partial charge on any atom is 0.328 e. The Kier molecular flexibility index (Phi) is 3.43. The lowest BCUT2D eigenvalue weighted by atomic mass is 9.86. The molecule has 0 fully saturated rings. The number of allylic oxidation sites excluding steroid dienone is 3. The van der Waals surface area contributed by atoms with E-state index in [0.29, 0.717) is 0 Å². The number of carbonyl (C=O) groups is 1. The quantitative estimate of drug-likeness (QED) is 0.787. The summed E-state index contributed by atoms with van der Waals surface area (Å²) < 4.78 is 0. The van der Waals surface area contributed by atoms with Crippen LogP contribution in [0.4, 0.5) is 0 Å². The van der Waals surface area contributed by atoms with E-state index in [0.717, 1.165) is 24.8 Å². The zero-order chi connectivity index (χ0) is 12.3. The van der Waals surface area contributed by atoms with Crippen molar-refractivity contribution in [3.05, 3.63) is 53.1 Å². The molecule has 0 amide bonds. The number of carboxylic acid groups (broad SMARTS) is 1. The molecule has 1 aromatic rings. The molecule has 1 aliphatic rings. The third-order valence-electron chi connectivity index (χ3n) is 3.01. The van der Waals surface area contributed by atoms with Gasteiger partial charge in [-0.2, -0.15) is 0 Å². The first-order chi connectivity index (χ1) is 8.16. The predicted octanol–water partition coefficient (Wildman–Crippen LogP) is 3.44. The lowest BCUT2D eigenvalue weighted by Crippen LogP contribution is -2.01. The van der Waals surface area contributed by atoms with Crippen molar-refractivity contribution in [2.24, 2.45) is 0 Å². The summed E-state index contributed by atoms with van der Waals surface area (Å²) in [6.45, 7) is 1.83. The van der Waals surface area contributed by atoms with Gasteiger partial charge in [0.05, 0.1) is 0 Å². The molecule has 2 heteroatoms. The lowest BCUT2D eigenvalue weighted by Gasteiger charge is -2.18. The van der Waals surface area contributed by atoms with Gasteiger partial charge in [0, 0.05) is 6.08 Å². The summed E-state index contributed by atoms with van der Waals surface area (Å²) >= 11 is 0. The molecule has 1 aromatic carbocycles. The first-order valence-corrected chi connectivity index (χ1v) is 5.87. The second kappa shape index (κ2) is 5.00. The van der Waals surface area contributed by atoms with Gasteiger partial charge in [-0.3, -0.25) is 0 Å². The fourth-order valence-corrected chi connectivity index (χ4v) is 2.32. The van der Waals surface area contributed by atoms with Crippen molar-refractivity contribution in [3.8, 4) is 0 Å². The SMILES string of the molecule is CC(=CC(=O)O)C=C1CCCc2ccccc21. The van der Waals surface area contributed by atoms with Crippen molar-refractivity contribution in [1.82, 2.24) is 0 Å². The van der Waals surface area contributed by atoms with E-state index < -0.39 is 5.97 Å². The van der Waals surface area contributed by atoms with Gasteiger partial charge in [0.25, 0.3) is 0 Å². The molecule has 0 aromatic heterocycles. The maximum atomic E-state index is 10.6. The van der Waals surface area contributed by atoms with Crippen LogP contribution in [0.25, 0.3) is 5.57 Å². The van der Waals surface area contributed by atoms with Crippen LogP contribution in [0.3, 0.4) is 0 Å². The Morgan fingerprint density at radius 3 is 2.82 bits per heavy atom. The highest BCUT2D eigenvalue weighted by molar-refractivity contribution is 5.82. The first-order valence-electron chi connectivity index (χ1n) is 5.87. The average molecular weight is 228 g/mol. The van der Waals surface area contributed by atoms with E-state index in [1.165, 1.54) is 22.8 Å². The van der Waals surface area contributed by atoms with E-state index in [9.17, 15) is 4.79 Å². The highest BCUT2D eigenvalue weighted by atomic mass is 16.4. The number of aliphatic carboxylic acids is 1. The largest absolute Gasteiger partial charge is 0.478 e. The van der Waals surface area contributed by atoms with E-state index in [4.69, 9.17) is 5.11 Å². The average Bonchev–Trinajstić information content (AvgIpc) is 2.28. The predicted molar refractivity (Wildman–Crippen MR) is 68.7 cm³/mol. The first kappa shape index (κ1) is 11.6. The molecule has 0 bridgehead atoms. The Balaban J connectivity index is 2.36. The molecule has 2 rings (SSSR count). The molecule has 0 spiro atoms.